The van der Waals surface area contributed by atoms with Gasteiger partial charge in [0.15, 0.2) is 0 Å². The molecule has 0 saturated carbocycles. The number of methoxy groups -OCH3 is 1. The highest BCUT2D eigenvalue weighted by Crippen LogP contribution is 2.42. The standard InChI is InChI=1S/C21H26N2O2/c1-24-20-6-4-17(5-7-20)15-23-11-8-21(9-12-23)13-19(16-25-21)18-3-2-10-22-14-18/h2-7,10,14,19H,8-9,11-13,15-16H2,1H3/t19-/m1/s1. The van der Waals surface area contributed by atoms with Crippen LogP contribution in [-0.4, -0.2) is 42.3 Å². The Kier molecular flexibility index (Phi) is 4.73. The van der Waals surface area contributed by atoms with Gasteiger partial charge in [0, 0.05) is 37.9 Å². The van der Waals surface area contributed by atoms with Crippen LogP contribution >= 0.6 is 0 Å². The maximum absolute atomic E-state index is 6.31. The average Bonchev–Trinajstić information content (AvgIpc) is 3.09. The summed E-state index contributed by atoms with van der Waals surface area (Å²) in [6.07, 6.45) is 7.22. The van der Waals surface area contributed by atoms with Crippen molar-refractivity contribution in [2.75, 3.05) is 26.8 Å². The summed E-state index contributed by atoms with van der Waals surface area (Å²) in [5.74, 6) is 1.42. The molecule has 2 aliphatic rings. The van der Waals surface area contributed by atoms with E-state index in [4.69, 9.17) is 9.47 Å². The highest BCUT2D eigenvalue weighted by atomic mass is 16.5. The highest BCUT2D eigenvalue weighted by Gasteiger charge is 2.42. The molecule has 0 unspecified atom stereocenters. The quantitative estimate of drug-likeness (QED) is 0.853. The molecule has 2 saturated heterocycles. The summed E-state index contributed by atoms with van der Waals surface area (Å²) in [5.41, 5.74) is 2.74. The van der Waals surface area contributed by atoms with Gasteiger partial charge in [0.1, 0.15) is 5.75 Å². The van der Waals surface area contributed by atoms with Gasteiger partial charge in [-0.1, -0.05) is 18.2 Å². The summed E-state index contributed by atoms with van der Waals surface area (Å²) < 4.78 is 11.5. The summed E-state index contributed by atoms with van der Waals surface area (Å²) in [7, 11) is 1.71. The summed E-state index contributed by atoms with van der Waals surface area (Å²) in [5, 5.41) is 0. The van der Waals surface area contributed by atoms with Crippen LogP contribution in [0.15, 0.2) is 48.8 Å². The van der Waals surface area contributed by atoms with Crippen molar-refractivity contribution in [3.8, 4) is 5.75 Å². The number of ether oxygens (including phenoxy) is 2. The average molecular weight is 338 g/mol. The molecular formula is C21H26N2O2. The Bertz CT molecular complexity index is 679. The minimum absolute atomic E-state index is 0.0803. The van der Waals surface area contributed by atoms with Crippen molar-refractivity contribution in [3.05, 3.63) is 59.9 Å². The highest BCUT2D eigenvalue weighted by molar-refractivity contribution is 5.27. The molecule has 1 spiro atoms. The van der Waals surface area contributed by atoms with Crippen LogP contribution in [0.3, 0.4) is 0 Å². The van der Waals surface area contributed by atoms with Gasteiger partial charge in [-0.25, -0.2) is 0 Å². The van der Waals surface area contributed by atoms with Gasteiger partial charge in [0.05, 0.1) is 19.3 Å². The van der Waals surface area contributed by atoms with Gasteiger partial charge >= 0.3 is 0 Å². The first-order valence-corrected chi connectivity index (χ1v) is 9.16. The first kappa shape index (κ1) is 16.6. The van der Waals surface area contributed by atoms with Gasteiger partial charge in [0.2, 0.25) is 0 Å². The van der Waals surface area contributed by atoms with Gasteiger partial charge < -0.3 is 9.47 Å². The summed E-state index contributed by atoms with van der Waals surface area (Å²) >= 11 is 0. The molecule has 1 aromatic carbocycles. The lowest BCUT2D eigenvalue weighted by Gasteiger charge is -2.38. The van der Waals surface area contributed by atoms with Crippen LogP contribution in [0.4, 0.5) is 0 Å². The van der Waals surface area contributed by atoms with E-state index in [-0.39, 0.29) is 5.60 Å². The first-order chi connectivity index (χ1) is 12.3. The largest absolute Gasteiger partial charge is 0.497 e. The molecule has 132 valence electrons. The molecule has 2 fully saturated rings. The molecule has 0 radical (unpaired) electrons. The molecule has 1 aromatic heterocycles. The van der Waals surface area contributed by atoms with E-state index in [0.29, 0.717) is 5.92 Å². The van der Waals surface area contributed by atoms with Gasteiger partial charge in [0.25, 0.3) is 0 Å². The minimum Gasteiger partial charge on any atom is -0.497 e. The van der Waals surface area contributed by atoms with Crippen LogP contribution in [0.2, 0.25) is 0 Å². The summed E-state index contributed by atoms with van der Waals surface area (Å²) in [4.78, 5) is 6.80. The zero-order valence-electron chi connectivity index (χ0n) is 14.9. The smallest absolute Gasteiger partial charge is 0.118 e. The maximum atomic E-state index is 6.31. The Hall–Kier alpha value is -1.91. The Balaban J connectivity index is 1.32. The third-order valence-corrected chi connectivity index (χ3v) is 5.70. The predicted molar refractivity (Wildman–Crippen MR) is 97.8 cm³/mol. The number of likely N-dealkylation sites (tertiary alicyclic amines) is 1. The fourth-order valence-electron chi connectivity index (χ4n) is 4.13. The van der Waals surface area contributed by atoms with E-state index < -0.39 is 0 Å². The van der Waals surface area contributed by atoms with E-state index in [9.17, 15) is 0 Å². The zero-order chi connectivity index (χ0) is 17.1. The van der Waals surface area contributed by atoms with Crippen LogP contribution < -0.4 is 4.74 Å². The number of pyridine rings is 1. The third kappa shape index (κ3) is 3.70. The van der Waals surface area contributed by atoms with Gasteiger partial charge in [-0.3, -0.25) is 9.88 Å². The minimum atomic E-state index is 0.0803. The molecule has 0 N–H and O–H groups in total. The second-order valence-electron chi connectivity index (χ2n) is 7.31. The number of hydrogen-bond donors (Lipinski definition) is 0. The number of benzene rings is 1. The fraction of sp³-hybridized carbons (Fsp3) is 0.476. The lowest BCUT2D eigenvalue weighted by Crippen LogP contribution is -2.43. The molecule has 25 heavy (non-hydrogen) atoms. The van der Waals surface area contributed by atoms with Gasteiger partial charge in [-0.05, 0) is 48.6 Å². The van der Waals surface area contributed by atoms with Crippen molar-refractivity contribution in [1.82, 2.24) is 9.88 Å². The third-order valence-electron chi connectivity index (χ3n) is 5.70. The molecule has 0 amide bonds. The van der Waals surface area contributed by atoms with Crippen molar-refractivity contribution in [1.29, 1.82) is 0 Å². The van der Waals surface area contributed by atoms with E-state index >= 15 is 0 Å². The molecule has 0 bridgehead atoms. The molecular weight excluding hydrogens is 312 g/mol. The monoisotopic (exact) mass is 338 g/mol. The normalized spacial score (nSPS) is 23.0. The second-order valence-corrected chi connectivity index (χ2v) is 7.31. The lowest BCUT2D eigenvalue weighted by molar-refractivity contribution is -0.0448. The van der Waals surface area contributed by atoms with Crippen molar-refractivity contribution >= 4 is 0 Å². The number of aromatic nitrogens is 1. The molecule has 3 heterocycles. The maximum Gasteiger partial charge on any atom is 0.118 e. The molecule has 2 aliphatic heterocycles. The van der Waals surface area contributed by atoms with Crippen molar-refractivity contribution in [3.63, 3.8) is 0 Å². The van der Waals surface area contributed by atoms with Crippen LogP contribution in [-0.2, 0) is 11.3 Å². The van der Waals surface area contributed by atoms with Crippen LogP contribution in [0.25, 0.3) is 0 Å². The van der Waals surface area contributed by atoms with Crippen LogP contribution in [0.5, 0.6) is 5.75 Å². The number of piperidine rings is 1. The summed E-state index contributed by atoms with van der Waals surface area (Å²) in [6.45, 7) is 4.05. The van der Waals surface area contributed by atoms with E-state index in [0.717, 1.165) is 51.3 Å². The second kappa shape index (κ2) is 7.14. The number of nitrogens with zero attached hydrogens (tertiary/aromatic N) is 2. The predicted octanol–water partition coefficient (Wildman–Crippen LogP) is 3.63. The van der Waals surface area contributed by atoms with Crippen molar-refractivity contribution < 1.29 is 9.47 Å². The Morgan fingerprint density at radius 2 is 2.00 bits per heavy atom. The van der Waals surface area contributed by atoms with Crippen LogP contribution in [0.1, 0.15) is 36.3 Å². The SMILES string of the molecule is COc1ccc(CN2CCC3(CC2)C[C@@H](c2cccnc2)CO3)cc1. The van der Waals surface area contributed by atoms with Crippen molar-refractivity contribution in [2.24, 2.45) is 0 Å². The molecule has 4 rings (SSSR count). The summed E-state index contributed by atoms with van der Waals surface area (Å²) in [6, 6.07) is 12.6. The molecule has 4 heteroatoms. The molecule has 0 aliphatic carbocycles. The van der Waals surface area contributed by atoms with Crippen LogP contribution in [0, 0.1) is 0 Å². The van der Waals surface area contributed by atoms with E-state index in [1.165, 1.54) is 11.1 Å². The van der Waals surface area contributed by atoms with E-state index in [1.54, 1.807) is 7.11 Å². The van der Waals surface area contributed by atoms with Gasteiger partial charge in [-0.2, -0.15) is 0 Å². The number of rotatable bonds is 4. The number of hydrogen-bond acceptors (Lipinski definition) is 4. The van der Waals surface area contributed by atoms with Crippen molar-refractivity contribution in [2.45, 2.75) is 37.3 Å². The fourth-order valence-corrected chi connectivity index (χ4v) is 4.13. The van der Waals surface area contributed by atoms with E-state index in [1.807, 2.05) is 30.6 Å². The molecule has 2 aromatic rings. The molecule has 4 nitrogen and oxygen atoms in total. The zero-order valence-corrected chi connectivity index (χ0v) is 14.9. The Morgan fingerprint density at radius 1 is 1.20 bits per heavy atom. The lowest BCUT2D eigenvalue weighted by atomic mass is 9.83. The molecule has 1 atom stereocenters. The Labute approximate surface area is 149 Å². The topological polar surface area (TPSA) is 34.6 Å². The first-order valence-electron chi connectivity index (χ1n) is 9.16. The Morgan fingerprint density at radius 3 is 2.68 bits per heavy atom. The van der Waals surface area contributed by atoms with E-state index in [2.05, 4.69) is 28.1 Å². The van der Waals surface area contributed by atoms with Gasteiger partial charge in [-0.15, -0.1) is 0 Å².